The first-order valence-electron chi connectivity index (χ1n) is 14.4. The Morgan fingerprint density at radius 1 is 1.19 bits per heavy atom. The zero-order valence-corrected chi connectivity index (χ0v) is 23.4. The molecule has 2 saturated carbocycles. The summed E-state index contributed by atoms with van der Waals surface area (Å²) in [6, 6.07) is -0.658. The fourth-order valence-corrected chi connectivity index (χ4v) is 5.79. The van der Waals surface area contributed by atoms with Crippen LogP contribution in [0.2, 0.25) is 0 Å². The number of nitrogens with zero attached hydrogens (tertiary/aromatic N) is 6. The molecule has 1 aliphatic heterocycles. The number of fused-ring (bicyclic) bond motifs is 1. The molecule has 1 saturated heterocycles. The van der Waals surface area contributed by atoms with Crippen molar-refractivity contribution >= 4 is 17.6 Å². The van der Waals surface area contributed by atoms with Crippen LogP contribution in [0.1, 0.15) is 90.9 Å². The molecular weight excluding hydrogens is 576 g/mol. The predicted molar refractivity (Wildman–Crippen MR) is 141 cm³/mol. The van der Waals surface area contributed by atoms with Crippen molar-refractivity contribution in [2.75, 3.05) is 26.3 Å². The van der Waals surface area contributed by atoms with E-state index in [0.717, 1.165) is 17.7 Å². The summed E-state index contributed by atoms with van der Waals surface area (Å²) < 4.78 is 68.4. The van der Waals surface area contributed by atoms with Gasteiger partial charge in [-0.25, -0.2) is 36.5 Å². The number of alkyl halides is 4. The fraction of sp³-hybridized carbons (Fsp3) is 0.630. The number of aromatic nitrogens is 5. The number of urea groups is 1. The highest BCUT2D eigenvalue weighted by Crippen LogP contribution is 2.43. The van der Waals surface area contributed by atoms with Crippen LogP contribution in [-0.2, 0) is 4.74 Å². The molecule has 6 rings (SSSR count). The maximum atomic E-state index is 14.2. The molecule has 3 aromatic rings. The molecule has 3 aromatic heterocycles. The summed E-state index contributed by atoms with van der Waals surface area (Å²) in [4.78, 5) is 31.6. The van der Waals surface area contributed by atoms with Crippen LogP contribution in [0.3, 0.4) is 0 Å². The minimum absolute atomic E-state index is 0.0462. The second-order valence-corrected chi connectivity index (χ2v) is 11.5. The van der Waals surface area contributed by atoms with Crippen LogP contribution in [0, 0.1) is 5.92 Å². The van der Waals surface area contributed by atoms with E-state index >= 15 is 0 Å². The number of nitrogens with one attached hydrogen (secondary N) is 2. The van der Waals surface area contributed by atoms with E-state index in [2.05, 4.69) is 31.0 Å². The average molecular weight is 609 g/mol. The maximum absolute atomic E-state index is 14.2. The number of carbonyl (C=O) groups excluding carboxylic acids is 2. The molecule has 2 N–H and O–H groups in total. The lowest BCUT2D eigenvalue weighted by molar-refractivity contribution is -0.0527. The Labute approximate surface area is 243 Å². The summed E-state index contributed by atoms with van der Waals surface area (Å²) in [6.45, 7) is 0.466. The molecule has 0 bridgehead atoms. The van der Waals surface area contributed by atoms with E-state index in [0.29, 0.717) is 29.2 Å². The van der Waals surface area contributed by atoms with Crippen LogP contribution in [0.5, 0.6) is 0 Å². The first-order valence-corrected chi connectivity index (χ1v) is 14.4. The van der Waals surface area contributed by atoms with Gasteiger partial charge in [0.15, 0.2) is 11.3 Å². The van der Waals surface area contributed by atoms with E-state index in [1.54, 1.807) is 19.2 Å². The fourth-order valence-electron chi connectivity index (χ4n) is 5.79. The Morgan fingerprint density at radius 3 is 2.67 bits per heavy atom. The molecule has 3 amide bonds. The number of hydrogen-bond acceptors (Lipinski definition) is 8. The number of carbonyl (C=O) groups is 2. The highest BCUT2D eigenvalue weighted by molar-refractivity contribution is 5.93. The van der Waals surface area contributed by atoms with E-state index in [-0.39, 0.29) is 49.8 Å². The minimum atomic E-state index is -3.13. The third-order valence-electron chi connectivity index (χ3n) is 8.29. The van der Waals surface area contributed by atoms with Gasteiger partial charge in [-0.3, -0.25) is 4.79 Å². The number of ether oxygens (including phenoxy) is 1. The number of rotatable bonds is 10. The Balaban J connectivity index is 1.31. The molecule has 2 atom stereocenters. The zero-order valence-electron chi connectivity index (χ0n) is 23.4. The molecule has 3 fully saturated rings. The van der Waals surface area contributed by atoms with Gasteiger partial charge in [0.2, 0.25) is 5.92 Å². The highest BCUT2D eigenvalue weighted by atomic mass is 19.3. The number of halogens is 4. The van der Waals surface area contributed by atoms with Crippen LogP contribution in [0.25, 0.3) is 5.65 Å². The van der Waals surface area contributed by atoms with Gasteiger partial charge in [-0.15, -0.1) is 0 Å². The van der Waals surface area contributed by atoms with Crippen LogP contribution in [0.4, 0.5) is 22.4 Å². The van der Waals surface area contributed by atoms with Crippen LogP contribution < -0.4 is 10.6 Å². The first kappa shape index (κ1) is 29.3. The second-order valence-electron chi connectivity index (χ2n) is 11.5. The van der Waals surface area contributed by atoms with Gasteiger partial charge in [0, 0.05) is 30.9 Å². The Bertz CT molecular complexity index is 1480. The monoisotopic (exact) mass is 608 g/mol. The summed E-state index contributed by atoms with van der Waals surface area (Å²) in [5.74, 6) is -6.68. The van der Waals surface area contributed by atoms with Crippen molar-refractivity contribution in [2.24, 2.45) is 5.92 Å². The summed E-state index contributed by atoms with van der Waals surface area (Å²) in [5, 5.41) is 17.2. The molecule has 232 valence electrons. The topological polar surface area (TPSA) is 140 Å². The molecule has 43 heavy (non-hydrogen) atoms. The molecule has 0 unspecified atom stereocenters. The lowest BCUT2D eigenvalue weighted by atomic mass is 9.81. The maximum Gasteiger partial charge on any atom is 0.318 e. The van der Waals surface area contributed by atoms with Crippen molar-refractivity contribution in [3.05, 3.63) is 41.1 Å². The van der Waals surface area contributed by atoms with E-state index in [9.17, 15) is 27.2 Å². The quantitative estimate of drug-likeness (QED) is 0.329. The van der Waals surface area contributed by atoms with E-state index in [1.807, 2.05) is 0 Å². The van der Waals surface area contributed by atoms with Crippen molar-refractivity contribution < 1.29 is 36.5 Å². The van der Waals surface area contributed by atoms with Crippen molar-refractivity contribution in [2.45, 2.75) is 75.3 Å². The van der Waals surface area contributed by atoms with Gasteiger partial charge >= 0.3 is 6.03 Å². The van der Waals surface area contributed by atoms with E-state index in [1.165, 1.54) is 10.7 Å². The van der Waals surface area contributed by atoms with Gasteiger partial charge in [-0.2, -0.15) is 5.10 Å². The van der Waals surface area contributed by atoms with Crippen molar-refractivity contribution in [3.63, 3.8) is 0 Å². The highest BCUT2D eigenvalue weighted by Gasteiger charge is 2.43. The Hall–Kier alpha value is -3.82. The van der Waals surface area contributed by atoms with Crippen LogP contribution >= 0.6 is 0 Å². The Morgan fingerprint density at radius 2 is 1.95 bits per heavy atom. The average Bonchev–Trinajstić information content (AvgIpc) is 3.53. The van der Waals surface area contributed by atoms with Crippen LogP contribution in [0.15, 0.2) is 23.1 Å². The summed E-state index contributed by atoms with van der Waals surface area (Å²) in [5.41, 5.74) is 1.67. The number of hydrogen-bond donors (Lipinski definition) is 2. The lowest BCUT2D eigenvalue weighted by Crippen LogP contribution is -2.58. The molecule has 16 heteroatoms. The Kier molecular flexibility index (Phi) is 7.73. The third kappa shape index (κ3) is 6.28. The lowest BCUT2D eigenvalue weighted by Gasteiger charge is -2.38. The molecule has 4 heterocycles. The van der Waals surface area contributed by atoms with Crippen molar-refractivity contribution in [1.29, 1.82) is 0 Å². The van der Waals surface area contributed by atoms with Crippen LogP contribution in [-0.4, -0.2) is 79.9 Å². The number of imidazole rings is 1. The first-order chi connectivity index (χ1) is 20.5. The minimum Gasteiger partial charge on any atom is -0.379 e. The number of amides is 3. The predicted octanol–water partition coefficient (Wildman–Crippen LogP) is 4.02. The molecule has 0 radical (unpaired) electrons. The van der Waals surface area contributed by atoms with Crippen molar-refractivity contribution in [3.8, 4) is 0 Å². The summed E-state index contributed by atoms with van der Waals surface area (Å²) >= 11 is 0. The van der Waals surface area contributed by atoms with Gasteiger partial charge in [0.05, 0.1) is 49.9 Å². The normalized spacial score (nSPS) is 21.9. The largest absolute Gasteiger partial charge is 0.379 e. The van der Waals surface area contributed by atoms with Gasteiger partial charge in [0.25, 0.3) is 11.8 Å². The SMILES string of the molecule is CCOC[C@H](c1cnn2cc([C@@H](NC(=O)c3nonc3C3CC3)C3CCC(F)(F)CC3)nc2c1)N1CC(F)(F)CNC1=O. The molecule has 0 aromatic carbocycles. The summed E-state index contributed by atoms with van der Waals surface area (Å²) in [7, 11) is 0. The smallest absolute Gasteiger partial charge is 0.318 e. The van der Waals surface area contributed by atoms with Gasteiger partial charge < -0.3 is 20.3 Å². The van der Waals surface area contributed by atoms with Gasteiger partial charge in [0.1, 0.15) is 5.69 Å². The van der Waals surface area contributed by atoms with E-state index < -0.39 is 49.0 Å². The zero-order chi connectivity index (χ0) is 30.4. The standard InChI is InChI=1S/C27H32F4N8O4/c1-2-42-12-19(38-14-27(30,31)13-32-25(38)41)17-9-20-34-18(11-39(20)33-10-17)21(16-5-7-26(28,29)8-6-16)35-24(40)23-22(15-3-4-15)36-43-37-23/h9-11,15-16,19,21H,2-8,12-14H2,1H3,(H,32,41)(H,35,40)/t19-,21+/m1/s1. The summed E-state index contributed by atoms with van der Waals surface area (Å²) in [6.07, 6.45) is 4.46. The second kappa shape index (κ2) is 11.4. The van der Waals surface area contributed by atoms with E-state index in [4.69, 9.17) is 9.37 Å². The molecule has 0 spiro atoms. The third-order valence-corrected chi connectivity index (χ3v) is 8.29. The molecule has 3 aliphatic rings. The van der Waals surface area contributed by atoms with Gasteiger partial charge in [-0.05, 0) is 49.7 Å². The van der Waals surface area contributed by atoms with Gasteiger partial charge in [-0.1, -0.05) is 5.16 Å². The molecule has 12 nitrogen and oxygen atoms in total. The molecule has 2 aliphatic carbocycles. The molecular formula is C27H32F4N8O4. The van der Waals surface area contributed by atoms with Crippen molar-refractivity contribution in [1.82, 2.24) is 40.4 Å².